The Kier molecular flexibility index (Phi) is 6.81. The molecule has 0 unspecified atom stereocenters. The van der Waals surface area contributed by atoms with Crippen LogP contribution in [0.15, 0.2) is 65.2 Å². The second-order valence-electron chi connectivity index (χ2n) is 7.05. The van der Waals surface area contributed by atoms with Crippen LogP contribution in [0, 0.1) is 6.92 Å². The Labute approximate surface area is 179 Å². The van der Waals surface area contributed by atoms with E-state index in [9.17, 15) is 14.4 Å². The van der Waals surface area contributed by atoms with E-state index < -0.39 is 18.0 Å². The minimum Gasteiger partial charge on any atom is -0.449 e. The number of amides is 2. The van der Waals surface area contributed by atoms with E-state index in [-0.39, 0.29) is 22.9 Å². The first-order valence-corrected chi connectivity index (χ1v) is 9.68. The molecule has 8 nitrogen and oxygen atoms in total. The lowest BCUT2D eigenvalue weighted by Crippen LogP contribution is -2.32. The fourth-order valence-corrected chi connectivity index (χ4v) is 2.91. The average molecular weight is 421 g/mol. The summed E-state index contributed by atoms with van der Waals surface area (Å²) < 4.78 is 10.2. The molecule has 0 saturated carbocycles. The standard InChI is InChI=1S/C23H23N3O5/c1-15-13-20(25-31-15)24-21(27)16(2)30-23(29)19-12-8-7-11-18(19)22(28)26(3)14-17-9-5-4-6-10-17/h4-13,16H,14H2,1-3H3,(H,24,25,27)/t16-/m1/s1. The van der Waals surface area contributed by atoms with Gasteiger partial charge in [-0.3, -0.25) is 9.59 Å². The van der Waals surface area contributed by atoms with E-state index in [1.54, 1.807) is 38.2 Å². The molecule has 3 rings (SSSR count). The van der Waals surface area contributed by atoms with E-state index >= 15 is 0 Å². The second kappa shape index (κ2) is 9.71. The molecule has 1 N–H and O–H groups in total. The number of hydrogen-bond donors (Lipinski definition) is 1. The Hall–Kier alpha value is -3.94. The zero-order chi connectivity index (χ0) is 22.4. The van der Waals surface area contributed by atoms with Gasteiger partial charge in [-0.25, -0.2) is 4.79 Å². The smallest absolute Gasteiger partial charge is 0.339 e. The van der Waals surface area contributed by atoms with E-state index in [1.807, 2.05) is 30.3 Å². The molecule has 0 aliphatic carbocycles. The average Bonchev–Trinajstić information content (AvgIpc) is 3.18. The highest BCUT2D eigenvalue weighted by molar-refractivity contribution is 6.06. The van der Waals surface area contributed by atoms with Crippen molar-refractivity contribution < 1.29 is 23.6 Å². The maximum Gasteiger partial charge on any atom is 0.339 e. The zero-order valence-corrected chi connectivity index (χ0v) is 17.5. The van der Waals surface area contributed by atoms with E-state index in [1.165, 1.54) is 17.9 Å². The van der Waals surface area contributed by atoms with Gasteiger partial charge in [0.15, 0.2) is 11.9 Å². The molecular weight excluding hydrogens is 398 g/mol. The van der Waals surface area contributed by atoms with Crippen molar-refractivity contribution in [1.82, 2.24) is 10.1 Å². The Morgan fingerprint density at radius 2 is 1.71 bits per heavy atom. The van der Waals surface area contributed by atoms with Crippen LogP contribution in [0.1, 0.15) is 39.0 Å². The van der Waals surface area contributed by atoms with Gasteiger partial charge in [0.05, 0.1) is 11.1 Å². The summed E-state index contributed by atoms with van der Waals surface area (Å²) in [6.45, 7) is 3.51. The lowest BCUT2D eigenvalue weighted by atomic mass is 10.1. The minimum atomic E-state index is -1.10. The molecule has 1 heterocycles. The molecule has 0 fully saturated rings. The highest BCUT2D eigenvalue weighted by Crippen LogP contribution is 2.16. The van der Waals surface area contributed by atoms with Gasteiger partial charge >= 0.3 is 5.97 Å². The summed E-state index contributed by atoms with van der Waals surface area (Å²) in [5.41, 5.74) is 1.25. The minimum absolute atomic E-state index is 0.0874. The molecule has 0 spiro atoms. The van der Waals surface area contributed by atoms with Crippen molar-refractivity contribution in [1.29, 1.82) is 0 Å². The third kappa shape index (κ3) is 5.57. The number of aromatic nitrogens is 1. The number of esters is 1. The molecule has 0 aliphatic heterocycles. The van der Waals surface area contributed by atoms with E-state index in [0.29, 0.717) is 12.3 Å². The summed E-state index contributed by atoms with van der Waals surface area (Å²) in [5, 5.41) is 6.17. The number of nitrogens with zero attached hydrogens (tertiary/aromatic N) is 2. The predicted molar refractivity (Wildman–Crippen MR) is 113 cm³/mol. The third-order valence-corrected chi connectivity index (χ3v) is 4.52. The van der Waals surface area contributed by atoms with Crippen molar-refractivity contribution in [3.63, 3.8) is 0 Å². The maximum absolute atomic E-state index is 13.0. The third-order valence-electron chi connectivity index (χ3n) is 4.52. The lowest BCUT2D eigenvalue weighted by Gasteiger charge is -2.19. The highest BCUT2D eigenvalue weighted by atomic mass is 16.5. The van der Waals surface area contributed by atoms with Gasteiger partial charge in [-0.2, -0.15) is 0 Å². The number of anilines is 1. The molecule has 31 heavy (non-hydrogen) atoms. The zero-order valence-electron chi connectivity index (χ0n) is 17.5. The molecule has 0 saturated heterocycles. The van der Waals surface area contributed by atoms with Crippen LogP contribution in [0.25, 0.3) is 0 Å². The molecular formula is C23H23N3O5. The van der Waals surface area contributed by atoms with Crippen molar-refractivity contribution in [2.24, 2.45) is 0 Å². The first-order valence-electron chi connectivity index (χ1n) is 9.68. The largest absolute Gasteiger partial charge is 0.449 e. The van der Waals surface area contributed by atoms with Gasteiger partial charge in [0.25, 0.3) is 11.8 Å². The first-order chi connectivity index (χ1) is 14.8. The Bertz CT molecular complexity index is 1080. The van der Waals surface area contributed by atoms with Crippen LogP contribution >= 0.6 is 0 Å². The van der Waals surface area contributed by atoms with Gasteiger partial charge < -0.3 is 19.5 Å². The molecule has 2 aromatic carbocycles. The fourth-order valence-electron chi connectivity index (χ4n) is 2.91. The van der Waals surface area contributed by atoms with Crippen molar-refractivity contribution in [3.8, 4) is 0 Å². The van der Waals surface area contributed by atoms with E-state index in [2.05, 4.69) is 10.5 Å². The summed E-state index contributed by atoms with van der Waals surface area (Å²) in [6, 6.07) is 17.4. The number of rotatable bonds is 7. The van der Waals surface area contributed by atoms with Crippen LogP contribution in [0.3, 0.4) is 0 Å². The van der Waals surface area contributed by atoms with Crippen molar-refractivity contribution >= 4 is 23.6 Å². The van der Waals surface area contributed by atoms with Gasteiger partial charge in [0, 0.05) is 19.7 Å². The number of hydrogen-bond acceptors (Lipinski definition) is 6. The van der Waals surface area contributed by atoms with Gasteiger partial charge in [-0.05, 0) is 31.5 Å². The highest BCUT2D eigenvalue weighted by Gasteiger charge is 2.24. The second-order valence-corrected chi connectivity index (χ2v) is 7.05. The molecule has 1 aromatic heterocycles. The summed E-state index contributed by atoms with van der Waals surface area (Å²) in [4.78, 5) is 39.5. The van der Waals surface area contributed by atoms with Crippen molar-refractivity contribution in [2.75, 3.05) is 12.4 Å². The van der Waals surface area contributed by atoms with Crippen molar-refractivity contribution in [2.45, 2.75) is 26.5 Å². The summed E-state index contributed by atoms with van der Waals surface area (Å²) >= 11 is 0. The SMILES string of the molecule is Cc1cc(NC(=O)[C@@H](C)OC(=O)c2ccccc2C(=O)N(C)Cc2ccccc2)no1. The normalized spacial score (nSPS) is 11.5. The predicted octanol–water partition coefficient (Wildman–Crippen LogP) is 3.44. The molecule has 3 aromatic rings. The van der Waals surface area contributed by atoms with Gasteiger partial charge in [-0.15, -0.1) is 0 Å². The molecule has 2 amide bonds. The summed E-state index contributed by atoms with van der Waals surface area (Å²) in [6.07, 6.45) is -1.10. The first kappa shape index (κ1) is 21.8. The molecule has 0 aliphatic rings. The summed E-state index contributed by atoms with van der Waals surface area (Å²) in [5.74, 6) is -0.898. The lowest BCUT2D eigenvalue weighted by molar-refractivity contribution is -0.123. The molecule has 1 atom stereocenters. The van der Waals surface area contributed by atoms with Crippen LogP contribution in [0.2, 0.25) is 0 Å². The van der Waals surface area contributed by atoms with Crippen LogP contribution in [0.4, 0.5) is 5.82 Å². The molecule has 8 heteroatoms. The maximum atomic E-state index is 13.0. The number of aryl methyl sites for hydroxylation is 1. The number of ether oxygens (including phenoxy) is 1. The Balaban J connectivity index is 1.69. The van der Waals surface area contributed by atoms with E-state index in [0.717, 1.165) is 5.56 Å². The topological polar surface area (TPSA) is 102 Å². The van der Waals surface area contributed by atoms with Crippen molar-refractivity contribution in [3.05, 3.63) is 83.1 Å². The number of carbonyl (C=O) groups is 3. The Morgan fingerprint density at radius 3 is 2.35 bits per heavy atom. The van der Waals surface area contributed by atoms with E-state index in [4.69, 9.17) is 9.26 Å². The number of nitrogens with one attached hydrogen (secondary N) is 1. The van der Waals surface area contributed by atoms with Gasteiger partial charge in [0.2, 0.25) is 0 Å². The Morgan fingerprint density at radius 1 is 1.06 bits per heavy atom. The molecule has 0 radical (unpaired) electrons. The monoisotopic (exact) mass is 421 g/mol. The molecule has 0 bridgehead atoms. The van der Waals surface area contributed by atoms with Crippen LogP contribution in [0.5, 0.6) is 0 Å². The van der Waals surface area contributed by atoms with Crippen LogP contribution in [-0.4, -0.2) is 41.0 Å². The molecule has 160 valence electrons. The van der Waals surface area contributed by atoms with Gasteiger partial charge in [0.1, 0.15) is 5.76 Å². The quantitative estimate of drug-likeness (QED) is 0.587. The fraction of sp³-hybridized carbons (Fsp3) is 0.217. The summed E-state index contributed by atoms with van der Waals surface area (Å²) in [7, 11) is 1.66. The van der Waals surface area contributed by atoms with Crippen LogP contribution in [-0.2, 0) is 16.1 Å². The van der Waals surface area contributed by atoms with Gasteiger partial charge in [-0.1, -0.05) is 47.6 Å². The number of carbonyl (C=O) groups excluding carboxylic acids is 3. The van der Waals surface area contributed by atoms with Crippen LogP contribution < -0.4 is 5.32 Å². The number of benzene rings is 2.